The predicted molar refractivity (Wildman–Crippen MR) is 79.9 cm³/mol. The normalized spacial score (nSPS) is 10.1. The highest BCUT2D eigenvalue weighted by molar-refractivity contribution is 7.98. The van der Waals surface area contributed by atoms with Crippen molar-refractivity contribution in [3.05, 3.63) is 54.1 Å². The molecule has 1 amide bonds. The molecule has 0 bridgehead atoms. The lowest BCUT2D eigenvalue weighted by atomic mass is 10.2. The Kier molecular flexibility index (Phi) is 4.33. The van der Waals surface area contributed by atoms with Gasteiger partial charge in [0, 0.05) is 21.0 Å². The number of anilines is 1. The van der Waals surface area contributed by atoms with Crippen molar-refractivity contribution in [3.8, 4) is 0 Å². The third-order valence-corrected chi connectivity index (χ3v) is 3.48. The maximum Gasteiger partial charge on any atom is 0.255 e. The minimum absolute atomic E-state index is 0.110. The molecular formula is C14H13NOS2. The molecule has 0 aromatic heterocycles. The molecule has 2 aromatic carbocycles. The lowest BCUT2D eigenvalue weighted by Gasteiger charge is -2.06. The Morgan fingerprint density at radius 2 is 1.89 bits per heavy atom. The second kappa shape index (κ2) is 5.98. The number of benzene rings is 2. The fourth-order valence-electron chi connectivity index (χ4n) is 1.52. The van der Waals surface area contributed by atoms with Gasteiger partial charge in [0.2, 0.25) is 0 Å². The molecular weight excluding hydrogens is 262 g/mol. The number of amides is 1. The van der Waals surface area contributed by atoms with Crippen LogP contribution in [0, 0.1) is 0 Å². The van der Waals surface area contributed by atoms with E-state index in [1.165, 1.54) is 0 Å². The smallest absolute Gasteiger partial charge is 0.255 e. The van der Waals surface area contributed by atoms with E-state index in [2.05, 4.69) is 17.9 Å². The molecule has 2 aromatic rings. The first-order valence-electron chi connectivity index (χ1n) is 5.43. The highest BCUT2D eigenvalue weighted by Gasteiger charge is 2.05. The van der Waals surface area contributed by atoms with Crippen LogP contribution in [0.2, 0.25) is 0 Å². The van der Waals surface area contributed by atoms with Gasteiger partial charge in [-0.15, -0.1) is 24.4 Å². The first-order chi connectivity index (χ1) is 8.69. The van der Waals surface area contributed by atoms with E-state index in [4.69, 9.17) is 0 Å². The van der Waals surface area contributed by atoms with Crippen molar-refractivity contribution < 1.29 is 4.79 Å². The fraction of sp³-hybridized carbons (Fsp3) is 0.0714. The summed E-state index contributed by atoms with van der Waals surface area (Å²) in [6, 6.07) is 14.9. The van der Waals surface area contributed by atoms with Crippen molar-refractivity contribution >= 4 is 36.0 Å². The summed E-state index contributed by atoms with van der Waals surface area (Å²) in [5.41, 5.74) is 1.43. The Labute approximate surface area is 116 Å². The number of thiol groups is 1. The van der Waals surface area contributed by atoms with E-state index in [0.717, 1.165) is 15.5 Å². The van der Waals surface area contributed by atoms with Gasteiger partial charge in [0.1, 0.15) is 0 Å². The molecule has 0 aliphatic heterocycles. The summed E-state index contributed by atoms with van der Waals surface area (Å²) in [6.45, 7) is 0. The Hall–Kier alpha value is -1.39. The van der Waals surface area contributed by atoms with Crippen LogP contribution >= 0.6 is 24.4 Å². The van der Waals surface area contributed by atoms with E-state index in [1.807, 2.05) is 30.5 Å². The quantitative estimate of drug-likeness (QED) is 0.656. The molecule has 4 heteroatoms. The maximum atomic E-state index is 12.0. The van der Waals surface area contributed by atoms with Crippen LogP contribution in [-0.4, -0.2) is 12.2 Å². The van der Waals surface area contributed by atoms with Gasteiger partial charge < -0.3 is 5.32 Å². The molecule has 2 rings (SSSR count). The maximum absolute atomic E-state index is 12.0. The van der Waals surface area contributed by atoms with Crippen LogP contribution in [0.3, 0.4) is 0 Å². The molecule has 0 atom stereocenters. The van der Waals surface area contributed by atoms with E-state index < -0.39 is 0 Å². The lowest BCUT2D eigenvalue weighted by Crippen LogP contribution is -2.11. The van der Waals surface area contributed by atoms with Crippen molar-refractivity contribution in [2.24, 2.45) is 0 Å². The van der Waals surface area contributed by atoms with Gasteiger partial charge in [-0.1, -0.05) is 6.07 Å². The molecule has 0 radical (unpaired) electrons. The van der Waals surface area contributed by atoms with E-state index in [1.54, 1.807) is 36.0 Å². The number of hydrogen-bond donors (Lipinski definition) is 2. The highest BCUT2D eigenvalue weighted by Crippen LogP contribution is 2.19. The Balaban J connectivity index is 2.13. The molecule has 2 nitrogen and oxygen atoms in total. The summed E-state index contributed by atoms with van der Waals surface area (Å²) in [6.07, 6.45) is 2.01. The fourth-order valence-corrected chi connectivity index (χ4v) is 2.13. The van der Waals surface area contributed by atoms with Gasteiger partial charge in [-0.05, 0) is 48.7 Å². The third-order valence-electron chi connectivity index (χ3n) is 2.46. The number of hydrogen-bond acceptors (Lipinski definition) is 3. The summed E-state index contributed by atoms with van der Waals surface area (Å²) in [7, 11) is 0. The summed E-state index contributed by atoms with van der Waals surface area (Å²) in [4.78, 5) is 13.9. The van der Waals surface area contributed by atoms with E-state index in [0.29, 0.717) is 5.56 Å². The van der Waals surface area contributed by atoms with Crippen molar-refractivity contribution in [3.63, 3.8) is 0 Å². The van der Waals surface area contributed by atoms with Gasteiger partial charge in [0.15, 0.2) is 0 Å². The Morgan fingerprint density at radius 3 is 2.56 bits per heavy atom. The molecule has 0 aliphatic rings. The monoisotopic (exact) mass is 275 g/mol. The average molecular weight is 275 g/mol. The molecule has 0 aliphatic carbocycles. The zero-order chi connectivity index (χ0) is 13.0. The number of carbonyl (C=O) groups excluding carboxylic acids is 1. The molecule has 18 heavy (non-hydrogen) atoms. The molecule has 0 spiro atoms. The van der Waals surface area contributed by atoms with Crippen molar-refractivity contribution in [2.45, 2.75) is 9.79 Å². The Morgan fingerprint density at radius 1 is 1.17 bits per heavy atom. The molecule has 0 saturated carbocycles. The topological polar surface area (TPSA) is 29.1 Å². The van der Waals surface area contributed by atoms with E-state index in [9.17, 15) is 4.79 Å². The first-order valence-corrected chi connectivity index (χ1v) is 7.10. The molecule has 1 N–H and O–H groups in total. The van der Waals surface area contributed by atoms with Crippen LogP contribution in [0.25, 0.3) is 0 Å². The molecule has 0 unspecified atom stereocenters. The molecule has 0 saturated heterocycles. The lowest BCUT2D eigenvalue weighted by molar-refractivity contribution is 0.102. The van der Waals surface area contributed by atoms with Crippen LogP contribution in [0.1, 0.15) is 10.4 Å². The third kappa shape index (κ3) is 3.31. The van der Waals surface area contributed by atoms with Crippen molar-refractivity contribution in [1.82, 2.24) is 0 Å². The number of thioether (sulfide) groups is 1. The van der Waals surface area contributed by atoms with Gasteiger partial charge in [-0.3, -0.25) is 4.79 Å². The van der Waals surface area contributed by atoms with Gasteiger partial charge in [-0.25, -0.2) is 0 Å². The zero-order valence-corrected chi connectivity index (χ0v) is 11.6. The summed E-state index contributed by atoms with van der Waals surface area (Å²) in [5.74, 6) is -0.110. The van der Waals surface area contributed by atoms with Crippen LogP contribution in [0.15, 0.2) is 58.3 Å². The average Bonchev–Trinajstić information content (AvgIpc) is 2.39. The number of nitrogens with one attached hydrogen (secondary N) is 1. The summed E-state index contributed by atoms with van der Waals surface area (Å²) < 4.78 is 0. The molecule has 92 valence electrons. The largest absolute Gasteiger partial charge is 0.322 e. The van der Waals surface area contributed by atoms with Crippen LogP contribution in [-0.2, 0) is 0 Å². The van der Waals surface area contributed by atoms with Gasteiger partial charge in [0.05, 0.1) is 0 Å². The van der Waals surface area contributed by atoms with Crippen molar-refractivity contribution in [2.75, 3.05) is 11.6 Å². The minimum Gasteiger partial charge on any atom is -0.322 e. The molecule has 0 fully saturated rings. The van der Waals surface area contributed by atoms with Crippen LogP contribution in [0.5, 0.6) is 0 Å². The summed E-state index contributed by atoms with van der Waals surface area (Å²) in [5, 5.41) is 2.88. The first kappa shape index (κ1) is 13.1. The van der Waals surface area contributed by atoms with Gasteiger partial charge >= 0.3 is 0 Å². The highest BCUT2D eigenvalue weighted by atomic mass is 32.2. The second-order valence-corrected chi connectivity index (χ2v) is 5.13. The zero-order valence-electron chi connectivity index (χ0n) is 9.88. The van der Waals surface area contributed by atoms with Crippen LogP contribution < -0.4 is 5.32 Å². The predicted octanol–water partition coefficient (Wildman–Crippen LogP) is 3.95. The van der Waals surface area contributed by atoms with Gasteiger partial charge in [0.25, 0.3) is 5.91 Å². The van der Waals surface area contributed by atoms with Crippen molar-refractivity contribution in [1.29, 1.82) is 0 Å². The standard InChI is InChI=1S/C14H13NOS2/c1-18-13-4-2-3-11(9-13)15-14(16)10-5-7-12(17)8-6-10/h2-9,17H,1H3,(H,15,16). The molecule has 0 heterocycles. The Bertz CT molecular complexity index is 552. The van der Waals surface area contributed by atoms with Gasteiger partial charge in [-0.2, -0.15) is 0 Å². The van der Waals surface area contributed by atoms with Crippen LogP contribution in [0.4, 0.5) is 5.69 Å². The number of rotatable bonds is 3. The van der Waals surface area contributed by atoms with E-state index >= 15 is 0 Å². The number of carbonyl (C=O) groups is 1. The summed E-state index contributed by atoms with van der Waals surface area (Å²) >= 11 is 5.84. The minimum atomic E-state index is -0.110. The second-order valence-electron chi connectivity index (χ2n) is 3.73. The van der Waals surface area contributed by atoms with E-state index in [-0.39, 0.29) is 5.91 Å². The SMILES string of the molecule is CSc1cccc(NC(=O)c2ccc(S)cc2)c1.